The van der Waals surface area contributed by atoms with E-state index < -0.39 is 10.7 Å². The van der Waals surface area contributed by atoms with Crippen LogP contribution >= 0.6 is 22.6 Å². The molecule has 0 spiro atoms. The van der Waals surface area contributed by atoms with Crippen LogP contribution in [0.5, 0.6) is 11.5 Å². The molecule has 0 unspecified atom stereocenters. The Kier molecular flexibility index (Phi) is 3.98. The number of nitro benzene ring substituents is 1. The zero-order valence-electron chi connectivity index (χ0n) is 9.89. The second kappa shape index (κ2) is 5.52. The topological polar surface area (TPSA) is 52.4 Å². The van der Waals surface area contributed by atoms with Gasteiger partial charge in [-0.2, -0.15) is 0 Å². The second-order valence-electron chi connectivity index (χ2n) is 3.89. The summed E-state index contributed by atoms with van der Waals surface area (Å²) in [5, 5.41) is 10.7. The first-order valence-electron chi connectivity index (χ1n) is 5.35. The maximum absolute atomic E-state index is 13.7. The molecule has 0 saturated heterocycles. The molecule has 2 aromatic rings. The van der Waals surface area contributed by atoms with E-state index in [2.05, 4.69) is 22.6 Å². The highest BCUT2D eigenvalue weighted by atomic mass is 127. The van der Waals surface area contributed by atoms with E-state index in [1.54, 1.807) is 25.1 Å². The molecule has 0 saturated carbocycles. The van der Waals surface area contributed by atoms with Gasteiger partial charge in [-0.1, -0.05) is 6.07 Å². The molecule has 0 aliphatic carbocycles. The Morgan fingerprint density at radius 2 is 2.05 bits per heavy atom. The van der Waals surface area contributed by atoms with Gasteiger partial charge in [-0.15, -0.1) is 0 Å². The molecule has 2 aromatic carbocycles. The van der Waals surface area contributed by atoms with Crippen molar-refractivity contribution in [3.8, 4) is 11.5 Å². The lowest BCUT2D eigenvalue weighted by Crippen LogP contribution is -1.96. The highest BCUT2D eigenvalue weighted by Crippen LogP contribution is 2.30. The average molecular weight is 373 g/mol. The van der Waals surface area contributed by atoms with E-state index in [1.165, 1.54) is 6.07 Å². The average Bonchev–Trinajstić information content (AvgIpc) is 2.33. The smallest absolute Gasteiger partial charge is 0.275 e. The van der Waals surface area contributed by atoms with Gasteiger partial charge in [0.1, 0.15) is 5.75 Å². The van der Waals surface area contributed by atoms with Crippen molar-refractivity contribution in [2.75, 3.05) is 0 Å². The number of halogens is 2. The Morgan fingerprint density at radius 1 is 1.32 bits per heavy atom. The molecule has 98 valence electrons. The van der Waals surface area contributed by atoms with Gasteiger partial charge in [0.15, 0.2) is 11.6 Å². The van der Waals surface area contributed by atoms with Gasteiger partial charge in [0, 0.05) is 9.13 Å². The predicted molar refractivity (Wildman–Crippen MR) is 77.0 cm³/mol. The van der Waals surface area contributed by atoms with Gasteiger partial charge in [0.2, 0.25) is 0 Å². The first kappa shape index (κ1) is 13.7. The highest BCUT2D eigenvalue weighted by Gasteiger charge is 2.16. The molecule has 0 fully saturated rings. The lowest BCUT2D eigenvalue weighted by molar-refractivity contribution is -0.385. The van der Waals surface area contributed by atoms with E-state index in [4.69, 9.17) is 4.74 Å². The summed E-state index contributed by atoms with van der Waals surface area (Å²) >= 11 is 2.11. The summed E-state index contributed by atoms with van der Waals surface area (Å²) in [7, 11) is 0. The molecule has 19 heavy (non-hydrogen) atoms. The Morgan fingerprint density at radius 3 is 2.68 bits per heavy atom. The largest absolute Gasteiger partial charge is 0.454 e. The minimum absolute atomic E-state index is 0.0231. The van der Waals surface area contributed by atoms with Crippen LogP contribution in [0.4, 0.5) is 10.1 Å². The Labute approximate surface area is 122 Å². The maximum atomic E-state index is 13.7. The lowest BCUT2D eigenvalue weighted by atomic mass is 10.2. The molecular weight excluding hydrogens is 364 g/mol. The fourth-order valence-corrected chi connectivity index (χ4v) is 2.09. The van der Waals surface area contributed by atoms with Crippen LogP contribution in [0, 0.1) is 26.4 Å². The van der Waals surface area contributed by atoms with Crippen molar-refractivity contribution >= 4 is 28.3 Å². The molecule has 4 nitrogen and oxygen atoms in total. The minimum atomic E-state index is -0.754. The third-order valence-electron chi connectivity index (χ3n) is 2.47. The molecule has 0 amide bonds. The SMILES string of the molecule is Cc1cc(Oc2cccc(I)c2)c(F)cc1[N+](=O)[O-]. The fraction of sp³-hybridized carbons (Fsp3) is 0.0769. The van der Waals surface area contributed by atoms with Crippen molar-refractivity contribution in [1.82, 2.24) is 0 Å². The quantitative estimate of drug-likeness (QED) is 0.454. The maximum Gasteiger partial charge on any atom is 0.275 e. The van der Waals surface area contributed by atoms with Gasteiger partial charge in [-0.3, -0.25) is 10.1 Å². The molecule has 0 radical (unpaired) electrons. The molecule has 0 bridgehead atoms. The van der Waals surface area contributed by atoms with E-state index in [-0.39, 0.29) is 11.4 Å². The van der Waals surface area contributed by atoms with Crippen molar-refractivity contribution in [2.45, 2.75) is 6.92 Å². The molecule has 0 atom stereocenters. The predicted octanol–water partition coefficient (Wildman–Crippen LogP) is 4.44. The molecule has 2 rings (SSSR count). The lowest BCUT2D eigenvalue weighted by Gasteiger charge is -2.08. The Balaban J connectivity index is 2.36. The molecule has 6 heteroatoms. The number of nitrogens with zero attached hydrogens (tertiary/aromatic N) is 1. The van der Waals surface area contributed by atoms with E-state index in [0.717, 1.165) is 9.64 Å². The van der Waals surface area contributed by atoms with Crippen LogP contribution in [0.1, 0.15) is 5.56 Å². The van der Waals surface area contributed by atoms with E-state index in [0.29, 0.717) is 11.3 Å². The minimum Gasteiger partial charge on any atom is -0.454 e. The normalized spacial score (nSPS) is 10.3. The molecule has 0 heterocycles. The second-order valence-corrected chi connectivity index (χ2v) is 5.13. The number of hydrogen-bond donors (Lipinski definition) is 0. The summed E-state index contributed by atoms with van der Waals surface area (Å²) in [5.74, 6) is -0.291. The molecule has 0 aromatic heterocycles. The monoisotopic (exact) mass is 373 g/mol. The van der Waals surface area contributed by atoms with Gasteiger partial charge < -0.3 is 4.74 Å². The third kappa shape index (κ3) is 3.19. The Hall–Kier alpha value is -1.70. The van der Waals surface area contributed by atoms with Crippen molar-refractivity contribution < 1.29 is 14.1 Å². The fourth-order valence-electron chi connectivity index (χ4n) is 1.58. The standard InChI is InChI=1S/C13H9FINO3/c1-8-5-13(11(14)7-12(8)16(17)18)19-10-4-2-3-9(15)6-10/h2-7H,1H3. The summed E-state index contributed by atoms with van der Waals surface area (Å²) in [6.07, 6.45) is 0. The van der Waals surface area contributed by atoms with E-state index in [9.17, 15) is 14.5 Å². The number of hydrogen-bond acceptors (Lipinski definition) is 3. The summed E-state index contributed by atoms with van der Waals surface area (Å²) in [6, 6.07) is 9.30. The zero-order valence-corrected chi connectivity index (χ0v) is 12.0. The van der Waals surface area contributed by atoms with Crippen molar-refractivity contribution in [3.63, 3.8) is 0 Å². The number of rotatable bonds is 3. The van der Waals surface area contributed by atoms with Crippen LogP contribution in [0.15, 0.2) is 36.4 Å². The summed E-state index contributed by atoms with van der Waals surface area (Å²) < 4.78 is 20.1. The van der Waals surface area contributed by atoms with Crippen LogP contribution < -0.4 is 4.74 Å². The van der Waals surface area contributed by atoms with Crippen LogP contribution in [-0.2, 0) is 0 Å². The molecule has 0 aliphatic rings. The third-order valence-corrected chi connectivity index (χ3v) is 3.14. The van der Waals surface area contributed by atoms with Gasteiger partial charge in [-0.25, -0.2) is 4.39 Å². The zero-order chi connectivity index (χ0) is 14.0. The summed E-state index contributed by atoms with van der Waals surface area (Å²) in [6.45, 7) is 1.54. The van der Waals surface area contributed by atoms with Crippen molar-refractivity contribution in [1.29, 1.82) is 0 Å². The Bertz CT molecular complexity index is 646. The number of nitro groups is 1. The van der Waals surface area contributed by atoms with Crippen molar-refractivity contribution in [2.24, 2.45) is 0 Å². The van der Waals surface area contributed by atoms with Crippen molar-refractivity contribution in [3.05, 3.63) is 61.5 Å². The van der Waals surface area contributed by atoms with Crippen LogP contribution in [-0.4, -0.2) is 4.92 Å². The van der Waals surface area contributed by atoms with Gasteiger partial charge in [0.05, 0.1) is 11.0 Å². The van der Waals surface area contributed by atoms with Gasteiger partial charge in [-0.05, 0) is 53.8 Å². The first-order chi connectivity index (χ1) is 8.97. The van der Waals surface area contributed by atoms with E-state index in [1.807, 2.05) is 6.07 Å². The summed E-state index contributed by atoms with van der Waals surface area (Å²) in [5.41, 5.74) is 0.0968. The molecule has 0 N–H and O–H groups in total. The summed E-state index contributed by atoms with van der Waals surface area (Å²) in [4.78, 5) is 10.1. The number of aryl methyl sites for hydroxylation is 1. The van der Waals surface area contributed by atoms with Crippen LogP contribution in [0.25, 0.3) is 0 Å². The van der Waals surface area contributed by atoms with E-state index >= 15 is 0 Å². The van der Waals surface area contributed by atoms with Crippen LogP contribution in [0.2, 0.25) is 0 Å². The molecule has 0 aliphatic heterocycles. The number of ether oxygens (including phenoxy) is 1. The van der Waals surface area contributed by atoms with Gasteiger partial charge >= 0.3 is 0 Å². The molecular formula is C13H9FINO3. The van der Waals surface area contributed by atoms with Crippen LogP contribution in [0.3, 0.4) is 0 Å². The first-order valence-corrected chi connectivity index (χ1v) is 6.43. The number of benzene rings is 2. The highest BCUT2D eigenvalue weighted by molar-refractivity contribution is 14.1. The van der Waals surface area contributed by atoms with Gasteiger partial charge in [0.25, 0.3) is 5.69 Å².